The largest absolute Gasteiger partial charge is 0.477 e. The van der Waals surface area contributed by atoms with Crippen molar-refractivity contribution in [2.24, 2.45) is 5.92 Å². The Hall–Kier alpha value is -3.32. The van der Waals surface area contributed by atoms with E-state index in [0.717, 1.165) is 27.9 Å². The summed E-state index contributed by atoms with van der Waals surface area (Å²) in [5, 5.41) is 10.8. The van der Waals surface area contributed by atoms with Crippen LogP contribution in [-0.2, 0) is 29.0 Å². The molecule has 37 heavy (non-hydrogen) atoms. The smallest absolute Gasteiger partial charge is 0.232 e. The number of halogens is 1. The molecule has 7 nitrogen and oxygen atoms in total. The molecule has 1 heterocycles. The number of amides is 2. The van der Waals surface area contributed by atoms with Gasteiger partial charge in [0.1, 0.15) is 0 Å². The van der Waals surface area contributed by atoms with Crippen molar-refractivity contribution in [2.75, 3.05) is 19.7 Å². The Kier molecular flexibility index (Phi) is 10.6. The van der Waals surface area contributed by atoms with E-state index in [0.29, 0.717) is 56.4 Å². The Morgan fingerprint density at radius 3 is 2.46 bits per heavy atom. The lowest BCUT2D eigenvalue weighted by molar-refractivity contribution is -0.136. The van der Waals surface area contributed by atoms with E-state index in [1.54, 1.807) is 0 Å². The second-order valence-electron chi connectivity index (χ2n) is 9.51. The van der Waals surface area contributed by atoms with Crippen molar-refractivity contribution in [2.45, 2.75) is 53.5 Å². The van der Waals surface area contributed by atoms with Crippen molar-refractivity contribution in [1.29, 1.82) is 0 Å². The summed E-state index contributed by atoms with van der Waals surface area (Å²) in [6.45, 7) is 9.88. The van der Waals surface area contributed by atoms with E-state index in [2.05, 4.69) is 21.6 Å². The minimum atomic E-state index is -0.241. The lowest BCUT2D eigenvalue weighted by Gasteiger charge is -2.26. The van der Waals surface area contributed by atoms with Gasteiger partial charge in [0.25, 0.3) is 0 Å². The number of nitrogens with zero attached hydrogens (tertiary/aromatic N) is 2. The Morgan fingerprint density at radius 1 is 1.08 bits per heavy atom. The van der Waals surface area contributed by atoms with E-state index < -0.39 is 0 Å². The van der Waals surface area contributed by atoms with E-state index in [1.165, 1.54) is 0 Å². The number of hydrogen-bond donors (Lipinski definition) is 2. The fraction of sp³-hybridized carbons (Fsp3) is 0.414. The van der Waals surface area contributed by atoms with Crippen LogP contribution >= 0.6 is 11.6 Å². The third-order valence-electron chi connectivity index (χ3n) is 6.12. The zero-order chi connectivity index (χ0) is 26.8. The van der Waals surface area contributed by atoms with Gasteiger partial charge < -0.3 is 15.0 Å². The average Bonchev–Trinajstić information content (AvgIpc) is 3.29. The second-order valence-corrected chi connectivity index (χ2v) is 9.95. The Balaban J connectivity index is 1.56. The number of carbonyl (C=O) groups excluding carboxylic acids is 2. The van der Waals surface area contributed by atoms with E-state index >= 15 is 0 Å². The molecule has 0 saturated carbocycles. The Morgan fingerprint density at radius 2 is 1.78 bits per heavy atom. The Labute approximate surface area is 224 Å². The summed E-state index contributed by atoms with van der Waals surface area (Å²) in [6.07, 6.45) is 1.52. The molecule has 1 aromatic heterocycles. The van der Waals surface area contributed by atoms with Crippen LogP contribution in [0.3, 0.4) is 0 Å². The van der Waals surface area contributed by atoms with Crippen LogP contribution in [0, 0.1) is 19.8 Å². The highest BCUT2D eigenvalue weighted by Gasteiger charge is 2.21. The number of benzene rings is 2. The summed E-state index contributed by atoms with van der Waals surface area (Å²) in [5.41, 5.74) is 5.20. The van der Waals surface area contributed by atoms with Gasteiger partial charge in [-0.3, -0.25) is 14.7 Å². The third kappa shape index (κ3) is 9.25. The molecule has 0 bridgehead atoms. The number of aryl methyl sites for hydroxylation is 2. The molecule has 0 aliphatic heterocycles. The van der Waals surface area contributed by atoms with Crippen LogP contribution in [0.2, 0.25) is 5.02 Å². The average molecular weight is 525 g/mol. The number of carbonyl (C=O) groups is 2. The number of rotatable bonds is 13. The quantitative estimate of drug-likeness (QED) is 0.328. The minimum absolute atomic E-state index is 0.0352. The monoisotopic (exact) mass is 524 g/mol. The summed E-state index contributed by atoms with van der Waals surface area (Å²) in [6, 6.07) is 15.6. The predicted molar refractivity (Wildman–Crippen MR) is 147 cm³/mol. The molecular formula is C29H37ClN4O3. The number of aromatic amines is 1. The first-order valence-corrected chi connectivity index (χ1v) is 13.2. The van der Waals surface area contributed by atoms with Gasteiger partial charge in [-0.1, -0.05) is 60.0 Å². The summed E-state index contributed by atoms with van der Waals surface area (Å²) in [7, 11) is 0. The van der Waals surface area contributed by atoms with Crippen LogP contribution in [0.15, 0.2) is 48.5 Å². The van der Waals surface area contributed by atoms with Crippen molar-refractivity contribution < 1.29 is 14.3 Å². The van der Waals surface area contributed by atoms with Crippen molar-refractivity contribution in [1.82, 2.24) is 20.4 Å². The van der Waals surface area contributed by atoms with Gasteiger partial charge in [0, 0.05) is 48.8 Å². The first-order valence-electron chi connectivity index (χ1n) is 12.8. The first-order chi connectivity index (χ1) is 17.7. The van der Waals surface area contributed by atoms with E-state index in [1.807, 2.05) is 75.1 Å². The lowest BCUT2D eigenvalue weighted by Crippen LogP contribution is -2.38. The van der Waals surface area contributed by atoms with Crippen molar-refractivity contribution in [3.05, 3.63) is 81.5 Å². The van der Waals surface area contributed by atoms with Crippen LogP contribution < -0.4 is 10.1 Å². The second kappa shape index (κ2) is 13.8. The number of aromatic nitrogens is 2. The van der Waals surface area contributed by atoms with E-state index in [4.69, 9.17) is 16.3 Å². The number of H-pyrrole nitrogens is 1. The highest BCUT2D eigenvalue weighted by Crippen LogP contribution is 2.16. The normalized spacial score (nSPS) is 11.7. The molecule has 1 unspecified atom stereocenters. The van der Waals surface area contributed by atoms with Gasteiger partial charge in [-0.25, -0.2) is 0 Å². The van der Waals surface area contributed by atoms with Gasteiger partial charge in [0.2, 0.25) is 17.7 Å². The molecule has 0 aliphatic carbocycles. The fourth-order valence-electron chi connectivity index (χ4n) is 4.31. The van der Waals surface area contributed by atoms with Crippen LogP contribution in [0.25, 0.3) is 0 Å². The Bertz CT molecular complexity index is 1160. The standard InChI is InChI=1S/C29H37ClN4O3/c1-5-37-28-18-26(32-33-28)11-13-34(19-23-6-8-25(30)9-7-23)29(36)22(4)10-12-31-27(35)17-24-15-20(2)14-21(3)16-24/h6-9,14-16,18,22H,5,10-13,17,19H2,1-4H3,(H,31,35)(H,32,33). The lowest BCUT2D eigenvalue weighted by atomic mass is 10.0. The molecule has 2 aromatic carbocycles. The summed E-state index contributed by atoms with van der Waals surface area (Å²) in [5.74, 6) is 0.322. The van der Waals surface area contributed by atoms with Crippen LogP contribution in [0.4, 0.5) is 0 Å². The predicted octanol–water partition coefficient (Wildman–Crippen LogP) is 5.04. The highest BCUT2D eigenvalue weighted by molar-refractivity contribution is 6.30. The van der Waals surface area contributed by atoms with Crippen molar-refractivity contribution >= 4 is 23.4 Å². The fourth-order valence-corrected chi connectivity index (χ4v) is 4.43. The molecule has 3 rings (SSSR count). The molecule has 0 saturated heterocycles. The maximum absolute atomic E-state index is 13.4. The van der Waals surface area contributed by atoms with Gasteiger partial charge in [-0.2, -0.15) is 0 Å². The van der Waals surface area contributed by atoms with Gasteiger partial charge >= 0.3 is 0 Å². The zero-order valence-electron chi connectivity index (χ0n) is 22.1. The topological polar surface area (TPSA) is 87.3 Å². The molecule has 3 aromatic rings. The summed E-state index contributed by atoms with van der Waals surface area (Å²) < 4.78 is 5.43. The summed E-state index contributed by atoms with van der Waals surface area (Å²) in [4.78, 5) is 27.7. The molecule has 2 N–H and O–H groups in total. The van der Waals surface area contributed by atoms with E-state index in [9.17, 15) is 9.59 Å². The van der Waals surface area contributed by atoms with Crippen molar-refractivity contribution in [3.8, 4) is 5.88 Å². The van der Waals surface area contributed by atoms with Gasteiger partial charge in [0.05, 0.1) is 13.0 Å². The van der Waals surface area contributed by atoms with Crippen molar-refractivity contribution in [3.63, 3.8) is 0 Å². The van der Waals surface area contributed by atoms with Crippen LogP contribution in [-0.4, -0.2) is 46.6 Å². The molecule has 0 radical (unpaired) electrons. The first kappa shape index (κ1) is 28.3. The number of nitrogens with one attached hydrogen (secondary N) is 2. The molecule has 0 fully saturated rings. The minimum Gasteiger partial charge on any atom is -0.477 e. The molecule has 0 aliphatic rings. The summed E-state index contributed by atoms with van der Waals surface area (Å²) >= 11 is 6.04. The maximum Gasteiger partial charge on any atom is 0.232 e. The van der Waals surface area contributed by atoms with Crippen LogP contribution in [0.1, 0.15) is 48.2 Å². The third-order valence-corrected chi connectivity index (χ3v) is 6.37. The number of ether oxygens (including phenoxy) is 1. The number of hydrogen-bond acceptors (Lipinski definition) is 4. The molecule has 1 atom stereocenters. The SMILES string of the molecule is CCOc1cc(CCN(Cc2ccc(Cl)cc2)C(=O)C(C)CCNC(=O)Cc2cc(C)cc(C)c2)[nH]n1. The highest BCUT2D eigenvalue weighted by atomic mass is 35.5. The maximum atomic E-state index is 13.4. The van der Waals surface area contributed by atoms with Gasteiger partial charge in [-0.15, -0.1) is 5.10 Å². The molecular weight excluding hydrogens is 488 g/mol. The molecule has 2 amide bonds. The van der Waals surface area contributed by atoms with Gasteiger partial charge in [-0.05, 0) is 50.5 Å². The van der Waals surface area contributed by atoms with Gasteiger partial charge in [0.15, 0.2) is 0 Å². The van der Waals surface area contributed by atoms with Crippen LogP contribution in [0.5, 0.6) is 5.88 Å². The zero-order valence-corrected chi connectivity index (χ0v) is 22.9. The molecule has 198 valence electrons. The molecule has 8 heteroatoms. The van der Waals surface area contributed by atoms with E-state index in [-0.39, 0.29) is 17.7 Å². The molecule has 0 spiro atoms.